The van der Waals surface area contributed by atoms with Gasteiger partial charge in [0.15, 0.2) is 0 Å². The lowest BCUT2D eigenvalue weighted by molar-refractivity contribution is -0.141. The Morgan fingerprint density at radius 1 is 1.07 bits per heavy atom. The molecule has 224 valence electrons. The van der Waals surface area contributed by atoms with E-state index < -0.39 is 6.10 Å². The highest BCUT2D eigenvalue weighted by atomic mass is 19.1. The van der Waals surface area contributed by atoms with E-state index >= 15 is 4.39 Å². The van der Waals surface area contributed by atoms with Gasteiger partial charge in [-0.05, 0) is 92.9 Å². The Bertz CT molecular complexity index is 1460. The van der Waals surface area contributed by atoms with Gasteiger partial charge in [0.05, 0.1) is 26.7 Å². The number of halogens is 1. The third kappa shape index (κ3) is 6.26. The summed E-state index contributed by atoms with van der Waals surface area (Å²) in [4.78, 5) is 13.9. The molecule has 42 heavy (non-hydrogen) atoms. The van der Waals surface area contributed by atoms with Crippen LogP contribution in [-0.2, 0) is 16.0 Å². The van der Waals surface area contributed by atoms with Gasteiger partial charge in [-0.25, -0.2) is 4.39 Å². The minimum Gasteiger partial charge on any atom is -0.493 e. The summed E-state index contributed by atoms with van der Waals surface area (Å²) in [5, 5.41) is 0. The van der Waals surface area contributed by atoms with Crippen molar-refractivity contribution < 1.29 is 28.1 Å². The number of benzene rings is 3. The van der Waals surface area contributed by atoms with Gasteiger partial charge < -0.3 is 23.8 Å². The first-order chi connectivity index (χ1) is 20.0. The first-order valence-electron chi connectivity index (χ1n) is 14.7. The Labute approximate surface area is 248 Å². The predicted molar refractivity (Wildman–Crippen MR) is 162 cm³/mol. The number of carbonyl (C=O) groups is 1. The van der Waals surface area contributed by atoms with Crippen molar-refractivity contribution in [2.75, 3.05) is 41.0 Å². The van der Waals surface area contributed by atoms with E-state index in [0.717, 1.165) is 52.1 Å². The summed E-state index contributed by atoms with van der Waals surface area (Å²) in [7, 11) is 5.54. The van der Waals surface area contributed by atoms with Crippen LogP contribution in [0.2, 0.25) is 0 Å². The highest BCUT2D eigenvalue weighted by molar-refractivity contribution is 5.76. The van der Waals surface area contributed by atoms with Crippen molar-refractivity contribution in [1.29, 1.82) is 0 Å². The lowest BCUT2D eigenvalue weighted by Gasteiger charge is -2.28. The van der Waals surface area contributed by atoms with Gasteiger partial charge in [-0.2, -0.15) is 0 Å². The SMILES string of the molecule is COC(=O)CC1COc2cc(O[C@@H]3CCc4c(-c5c(C)cc(OCC(C)(C)CN(C)C)cc5C)ccc(F)c43)ccc21. The minimum atomic E-state index is -0.396. The number of esters is 1. The molecule has 0 fully saturated rings. The van der Waals surface area contributed by atoms with Gasteiger partial charge >= 0.3 is 5.97 Å². The third-order valence-electron chi connectivity index (χ3n) is 8.22. The number of ether oxygens (including phenoxy) is 4. The van der Waals surface area contributed by atoms with E-state index in [1.54, 1.807) is 6.07 Å². The fourth-order valence-electron chi connectivity index (χ4n) is 6.59. The first kappa shape index (κ1) is 29.9. The van der Waals surface area contributed by atoms with Crippen molar-refractivity contribution in [3.8, 4) is 28.4 Å². The summed E-state index contributed by atoms with van der Waals surface area (Å²) >= 11 is 0. The molecule has 3 aromatic rings. The van der Waals surface area contributed by atoms with Gasteiger partial charge in [0.25, 0.3) is 0 Å². The molecule has 3 aromatic carbocycles. The molecule has 1 aliphatic heterocycles. The fraction of sp³-hybridized carbons (Fsp3) is 0.457. The Morgan fingerprint density at radius 2 is 1.81 bits per heavy atom. The molecule has 0 saturated heterocycles. The summed E-state index contributed by atoms with van der Waals surface area (Å²) in [6, 6.07) is 13.3. The maximum absolute atomic E-state index is 15.4. The average molecular weight is 576 g/mol. The Kier molecular flexibility index (Phi) is 8.51. The zero-order valence-corrected chi connectivity index (χ0v) is 25.8. The lowest BCUT2D eigenvalue weighted by atomic mass is 9.90. The van der Waals surface area contributed by atoms with E-state index in [0.29, 0.717) is 36.7 Å². The van der Waals surface area contributed by atoms with E-state index in [-0.39, 0.29) is 29.5 Å². The summed E-state index contributed by atoms with van der Waals surface area (Å²) in [5.41, 5.74) is 6.99. The molecule has 5 rings (SSSR count). The molecule has 1 unspecified atom stereocenters. The van der Waals surface area contributed by atoms with Gasteiger partial charge in [-0.15, -0.1) is 0 Å². The van der Waals surface area contributed by atoms with Crippen molar-refractivity contribution >= 4 is 5.97 Å². The predicted octanol–water partition coefficient (Wildman–Crippen LogP) is 7.18. The van der Waals surface area contributed by atoms with Crippen LogP contribution in [-0.4, -0.2) is 51.8 Å². The average Bonchev–Trinajstić information content (AvgIpc) is 3.52. The molecule has 2 atom stereocenters. The van der Waals surface area contributed by atoms with Crippen molar-refractivity contribution in [3.63, 3.8) is 0 Å². The highest BCUT2D eigenvalue weighted by Gasteiger charge is 2.32. The molecule has 7 heteroatoms. The van der Waals surface area contributed by atoms with Crippen molar-refractivity contribution in [2.45, 2.75) is 59.0 Å². The number of hydrogen-bond acceptors (Lipinski definition) is 6. The molecular formula is C35H42FNO5. The standard InChI is InChI=1S/C35H42FNO5/c1-21-14-25(41-20-35(3,4)19-37(5)6)15-22(2)33(21)27-10-12-29(36)34-28(27)11-13-30(34)42-24-8-9-26-23(16-32(38)39-7)18-40-31(26)17-24/h8-10,12,14-15,17,23,30H,11,13,16,18-20H2,1-7H3/t23?,30-/m1/s1. The molecule has 0 spiro atoms. The maximum atomic E-state index is 15.4. The van der Waals surface area contributed by atoms with E-state index in [1.807, 2.05) is 24.3 Å². The smallest absolute Gasteiger partial charge is 0.306 e. The summed E-state index contributed by atoms with van der Waals surface area (Å²) in [5.74, 6) is 1.63. The molecule has 6 nitrogen and oxygen atoms in total. The van der Waals surface area contributed by atoms with E-state index in [9.17, 15) is 4.79 Å². The molecule has 1 heterocycles. The normalized spacial score (nSPS) is 17.5. The lowest BCUT2D eigenvalue weighted by Crippen LogP contribution is -2.33. The van der Waals surface area contributed by atoms with E-state index in [4.69, 9.17) is 18.9 Å². The Balaban J connectivity index is 1.36. The molecule has 0 amide bonds. The van der Waals surface area contributed by atoms with Gasteiger partial charge in [0, 0.05) is 35.1 Å². The number of hydrogen-bond donors (Lipinski definition) is 0. The first-order valence-corrected chi connectivity index (χ1v) is 14.7. The number of carbonyl (C=O) groups excluding carboxylic acids is 1. The topological polar surface area (TPSA) is 57.2 Å². The van der Waals surface area contributed by atoms with Crippen LogP contribution < -0.4 is 14.2 Å². The molecule has 1 aliphatic carbocycles. The molecule has 0 radical (unpaired) electrons. The maximum Gasteiger partial charge on any atom is 0.306 e. The number of rotatable bonds is 10. The molecule has 0 bridgehead atoms. The van der Waals surface area contributed by atoms with E-state index in [2.05, 4.69) is 58.8 Å². The second-order valence-corrected chi connectivity index (χ2v) is 12.7. The van der Waals surface area contributed by atoms with Crippen LogP contribution >= 0.6 is 0 Å². The molecule has 0 aromatic heterocycles. The second-order valence-electron chi connectivity index (χ2n) is 12.7. The number of aryl methyl sites for hydroxylation is 2. The van der Waals surface area contributed by atoms with E-state index in [1.165, 1.54) is 7.11 Å². The Hall–Kier alpha value is -3.58. The van der Waals surface area contributed by atoms with Crippen molar-refractivity contribution in [2.24, 2.45) is 5.41 Å². The minimum absolute atomic E-state index is 0.0203. The second kappa shape index (κ2) is 12.0. The van der Waals surface area contributed by atoms with Crippen LogP contribution in [0, 0.1) is 25.1 Å². The van der Waals surface area contributed by atoms with Crippen LogP contribution in [0.25, 0.3) is 11.1 Å². The third-order valence-corrected chi connectivity index (χ3v) is 8.22. The van der Waals surface area contributed by atoms with Crippen LogP contribution in [0.4, 0.5) is 4.39 Å². The van der Waals surface area contributed by atoms with Gasteiger partial charge in [0.2, 0.25) is 0 Å². The van der Waals surface area contributed by atoms with Gasteiger partial charge in [0.1, 0.15) is 29.2 Å². The number of fused-ring (bicyclic) bond motifs is 2. The van der Waals surface area contributed by atoms with Crippen LogP contribution in [0.15, 0.2) is 42.5 Å². The van der Waals surface area contributed by atoms with Gasteiger partial charge in [-0.1, -0.05) is 26.0 Å². The molecule has 0 N–H and O–H groups in total. The highest BCUT2D eigenvalue weighted by Crippen LogP contribution is 2.45. The zero-order valence-electron chi connectivity index (χ0n) is 25.8. The molecular weight excluding hydrogens is 533 g/mol. The van der Waals surface area contributed by atoms with Crippen LogP contribution in [0.5, 0.6) is 17.2 Å². The van der Waals surface area contributed by atoms with Crippen LogP contribution in [0.3, 0.4) is 0 Å². The summed E-state index contributed by atoms with van der Waals surface area (Å²) in [6.07, 6.45) is 1.29. The molecule has 2 aliphatic rings. The fourth-order valence-corrected chi connectivity index (χ4v) is 6.59. The summed E-state index contributed by atoms with van der Waals surface area (Å²) < 4.78 is 38.6. The number of methoxy groups -OCH3 is 1. The van der Waals surface area contributed by atoms with Gasteiger partial charge in [-0.3, -0.25) is 4.79 Å². The monoisotopic (exact) mass is 575 g/mol. The molecule has 0 saturated carbocycles. The van der Waals surface area contributed by atoms with Crippen LogP contribution in [0.1, 0.15) is 66.5 Å². The zero-order chi connectivity index (χ0) is 30.2. The van der Waals surface area contributed by atoms with Crippen molar-refractivity contribution in [3.05, 3.63) is 76.1 Å². The summed E-state index contributed by atoms with van der Waals surface area (Å²) in [6.45, 7) is 10.6. The quantitative estimate of drug-likeness (QED) is 0.239. The largest absolute Gasteiger partial charge is 0.493 e. The number of nitrogens with zero attached hydrogens (tertiary/aromatic N) is 1. The Morgan fingerprint density at radius 3 is 2.50 bits per heavy atom. The van der Waals surface area contributed by atoms with Crippen molar-refractivity contribution in [1.82, 2.24) is 4.90 Å².